The molecule has 1 atom stereocenters. The number of nitriles is 1. The molecule has 0 saturated carbocycles. The van der Waals surface area contributed by atoms with Crippen LogP contribution in [0.5, 0.6) is 0 Å². The molecule has 0 aliphatic heterocycles. The summed E-state index contributed by atoms with van der Waals surface area (Å²) in [6.07, 6.45) is 1.86. The van der Waals surface area contributed by atoms with Crippen LogP contribution in [0.25, 0.3) is 0 Å². The van der Waals surface area contributed by atoms with Gasteiger partial charge in [0, 0.05) is 12.6 Å². The van der Waals surface area contributed by atoms with Crippen molar-refractivity contribution < 1.29 is 14.0 Å². The molecule has 0 spiro atoms. The second-order valence-corrected chi connectivity index (χ2v) is 4.86. The predicted octanol–water partition coefficient (Wildman–Crippen LogP) is 2.50. The van der Waals surface area contributed by atoms with Crippen LogP contribution >= 0.6 is 0 Å². The second-order valence-electron chi connectivity index (χ2n) is 4.86. The van der Waals surface area contributed by atoms with Gasteiger partial charge in [-0.15, -0.1) is 0 Å². The number of nitrogens with one attached hydrogen (secondary N) is 1. The Bertz CT molecular complexity index is 724. The van der Waals surface area contributed by atoms with E-state index in [2.05, 4.69) is 10.3 Å². The minimum absolute atomic E-state index is 0.0273. The van der Waals surface area contributed by atoms with Gasteiger partial charge in [-0.3, -0.25) is 9.59 Å². The molecule has 1 heterocycles. The first kappa shape index (κ1) is 16.3. The Balaban J connectivity index is 1.94. The Morgan fingerprint density at radius 3 is 2.57 bits per heavy atom. The number of anilines is 1. The quantitative estimate of drug-likeness (QED) is 0.831. The van der Waals surface area contributed by atoms with Crippen LogP contribution in [0.4, 0.5) is 10.2 Å². The number of aromatic nitrogens is 1. The lowest BCUT2D eigenvalue weighted by atomic mass is 9.98. The molecule has 1 aromatic heterocycles. The zero-order valence-electron chi connectivity index (χ0n) is 12.2. The zero-order valence-corrected chi connectivity index (χ0v) is 12.2. The molecule has 1 N–H and O–H groups in total. The van der Waals surface area contributed by atoms with Crippen LogP contribution in [0.2, 0.25) is 0 Å². The molecule has 0 fully saturated rings. The lowest BCUT2D eigenvalue weighted by Gasteiger charge is -2.09. The number of benzene rings is 1. The smallest absolute Gasteiger partial charge is 0.250 e. The summed E-state index contributed by atoms with van der Waals surface area (Å²) in [7, 11) is 0. The first-order chi connectivity index (χ1) is 11.1. The molecule has 0 saturated heterocycles. The molecule has 5 nitrogen and oxygen atoms in total. The Kier molecular flexibility index (Phi) is 5.53. The fourth-order valence-corrected chi connectivity index (χ4v) is 1.97. The number of pyridine rings is 1. The number of carbonyl (C=O) groups is 2. The summed E-state index contributed by atoms with van der Waals surface area (Å²) in [5.41, 5.74) is 0.765. The lowest BCUT2D eigenvalue weighted by molar-refractivity contribution is -0.128. The third kappa shape index (κ3) is 4.71. The molecule has 23 heavy (non-hydrogen) atoms. The van der Waals surface area contributed by atoms with Crippen LogP contribution in [-0.2, 0) is 16.0 Å². The van der Waals surface area contributed by atoms with Crippen molar-refractivity contribution in [2.45, 2.75) is 12.8 Å². The van der Waals surface area contributed by atoms with Gasteiger partial charge in [0.25, 0.3) is 5.91 Å². The van der Waals surface area contributed by atoms with E-state index >= 15 is 0 Å². The number of aryl methyl sites for hydroxylation is 1. The van der Waals surface area contributed by atoms with Crippen molar-refractivity contribution in [1.29, 1.82) is 5.26 Å². The maximum absolute atomic E-state index is 12.8. The van der Waals surface area contributed by atoms with Crippen LogP contribution in [0, 0.1) is 23.1 Å². The van der Waals surface area contributed by atoms with Gasteiger partial charge in [-0.25, -0.2) is 9.37 Å². The van der Waals surface area contributed by atoms with E-state index < -0.39 is 17.6 Å². The first-order valence-corrected chi connectivity index (χ1v) is 6.99. The van der Waals surface area contributed by atoms with Crippen molar-refractivity contribution in [3.05, 3.63) is 60.0 Å². The minimum Gasteiger partial charge on any atom is -0.309 e. The molecule has 0 aliphatic rings. The van der Waals surface area contributed by atoms with E-state index in [4.69, 9.17) is 5.26 Å². The van der Waals surface area contributed by atoms with Crippen molar-refractivity contribution in [2.75, 3.05) is 5.32 Å². The van der Waals surface area contributed by atoms with Crippen LogP contribution < -0.4 is 5.32 Å². The molecule has 0 aliphatic carbocycles. The predicted molar refractivity (Wildman–Crippen MR) is 81.7 cm³/mol. The Morgan fingerprint density at radius 2 is 1.96 bits per heavy atom. The summed E-state index contributed by atoms with van der Waals surface area (Å²) in [4.78, 5) is 28.0. The van der Waals surface area contributed by atoms with Crippen molar-refractivity contribution in [1.82, 2.24) is 4.98 Å². The number of amides is 1. The second kappa shape index (κ2) is 7.80. The number of rotatable bonds is 6. The molecule has 0 bridgehead atoms. The summed E-state index contributed by atoms with van der Waals surface area (Å²) < 4.78 is 12.8. The standard InChI is InChI=1S/C17H14FN3O2/c18-13-7-4-12(5-8-13)6-9-15(22)14(11-19)17(23)21-16-3-1-2-10-20-16/h1-5,7-8,10,14H,6,9H2,(H,20,21,23). The molecule has 1 aromatic carbocycles. The number of hydrogen-bond donors (Lipinski definition) is 1. The van der Waals surface area contributed by atoms with Gasteiger partial charge in [0.15, 0.2) is 11.7 Å². The highest BCUT2D eigenvalue weighted by Gasteiger charge is 2.26. The van der Waals surface area contributed by atoms with Crippen molar-refractivity contribution in [3.8, 4) is 6.07 Å². The number of hydrogen-bond acceptors (Lipinski definition) is 4. The van der Waals surface area contributed by atoms with E-state index in [1.165, 1.54) is 18.3 Å². The van der Waals surface area contributed by atoms with Gasteiger partial charge in [-0.1, -0.05) is 18.2 Å². The summed E-state index contributed by atoms with van der Waals surface area (Å²) in [5.74, 6) is -2.65. The van der Waals surface area contributed by atoms with Crippen LogP contribution in [0.3, 0.4) is 0 Å². The van der Waals surface area contributed by atoms with Crippen LogP contribution in [-0.4, -0.2) is 16.7 Å². The van der Waals surface area contributed by atoms with E-state index in [-0.39, 0.29) is 18.1 Å². The Labute approximate surface area is 132 Å². The van der Waals surface area contributed by atoms with E-state index in [1.807, 2.05) is 0 Å². The highest BCUT2D eigenvalue weighted by Crippen LogP contribution is 2.11. The SMILES string of the molecule is N#CC(C(=O)CCc1ccc(F)cc1)C(=O)Nc1ccccn1. The normalized spacial score (nSPS) is 11.3. The Morgan fingerprint density at radius 1 is 1.22 bits per heavy atom. The highest BCUT2D eigenvalue weighted by atomic mass is 19.1. The van der Waals surface area contributed by atoms with E-state index in [0.29, 0.717) is 6.42 Å². The fourth-order valence-electron chi connectivity index (χ4n) is 1.97. The molecule has 116 valence electrons. The maximum atomic E-state index is 12.8. The van der Waals surface area contributed by atoms with E-state index in [9.17, 15) is 14.0 Å². The lowest BCUT2D eigenvalue weighted by Crippen LogP contribution is -2.29. The van der Waals surface area contributed by atoms with E-state index in [0.717, 1.165) is 5.56 Å². The fraction of sp³-hybridized carbons (Fsp3) is 0.176. The van der Waals surface area contributed by atoms with E-state index in [1.54, 1.807) is 36.4 Å². The molecule has 1 amide bonds. The average Bonchev–Trinajstić information content (AvgIpc) is 2.56. The molecule has 2 aromatic rings. The van der Waals surface area contributed by atoms with Gasteiger partial charge < -0.3 is 5.32 Å². The largest absolute Gasteiger partial charge is 0.309 e. The number of Topliss-reactive ketones (excluding diaryl/α,β-unsaturated/α-hetero) is 1. The average molecular weight is 311 g/mol. The molecule has 6 heteroatoms. The molecule has 1 unspecified atom stereocenters. The first-order valence-electron chi connectivity index (χ1n) is 6.99. The monoisotopic (exact) mass is 311 g/mol. The van der Waals surface area contributed by atoms with Crippen molar-refractivity contribution >= 4 is 17.5 Å². The third-order valence-corrected chi connectivity index (χ3v) is 3.20. The highest BCUT2D eigenvalue weighted by molar-refractivity contribution is 6.09. The summed E-state index contributed by atoms with van der Waals surface area (Å²) in [6.45, 7) is 0. The number of ketones is 1. The minimum atomic E-state index is -1.39. The Hall–Kier alpha value is -3.07. The number of carbonyl (C=O) groups excluding carboxylic acids is 2. The third-order valence-electron chi connectivity index (χ3n) is 3.20. The molecule has 0 radical (unpaired) electrons. The van der Waals surface area contributed by atoms with Gasteiger partial charge in [0.05, 0.1) is 6.07 Å². The van der Waals surface area contributed by atoms with Gasteiger partial charge in [0.2, 0.25) is 0 Å². The molecular formula is C17H14FN3O2. The van der Waals surface area contributed by atoms with Crippen molar-refractivity contribution in [3.63, 3.8) is 0 Å². The van der Waals surface area contributed by atoms with Crippen LogP contribution in [0.15, 0.2) is 48.7 Å². The molecule has 2 rings (SSSR count). The number of nitrogens with zero attached hydrogens (tertiary/aromatic N) is 2. The van der Waals surface area contributed by atoms with Gasteiger partial charge in [-0.05, 0) is 36.2 Å². The number of halogens is 1. The summed E-state index contributed by atoms with van der Waals surface area (Å²) in [6, 6.07) is 12.4. The van der Waals surface area contributed by atoms with Gasteiger partial charge in [0.1, 0.15) is 11.6 Å². The molecular weight excluding hydrogens is 297 g/mol. The van der Waals surface area contributed by atoms with Gasteiger partial charge >= 0.3 is 0 Å². The zero-order chi connectivity index (χ0) is 16.7. The summed E-state index contributed by atoms with van der Waals surface area (Å²) in [5, 5.41) is 11.5. The topological polar surface area (TPSA) is 82.8 Å². The summed E-state index contributed by atoms with van der Waals surface area (Å²) >= 11 is 0. The van der Waals surface area contributed by atoms with Gasteiger partial charge in [-0.2, -0.15) is 5.26 Å². The van der Waals surface area contributed by atoms with Crippen molar-refractivity contribution in [2.24, 2.45) is 5.92 Å². The maximum Gasteiger partial charge on any atom is 0.250 e. The van der Waals surface area contributed by atoms with Crippen LogP contribution in [0.1, 0.15) is 12.0 Å².